The molecule has 2 heterocycles. The second kappa shape index (κ2) is 5.22. The van der Waals surface area contributed by atoms with E-state index in [1.807, 2.05) is 37.3 Å². The molecule has 4 nitrogen and oxygen atoms in total. The number of aryl methyl sites for hydroxylation is 1. The number of aromatic nitrogens is 1. The molecule has 0 atom stereocenters. The van der Waals surface area contributed by atoms with Crippen molar-refractivity contribution < 1.29 is 8.42 Å². The normalized spacial score (nSPS) is 14.8. The molecule has 0 saturated heterocycles. The molecule has 0 radical (unpaired) electrons. The van der Waals surface area contributed by atoms with Crippen molar-refractivity contribution >= 4 is 20.9 Å². The van der Waals surface area contributed by atoms with Crippen molar-refractivity contribution in [3.63, 3.8) is 0 Å². The largest absolute Gasteiger partial charge is 0.312 e. The smallest absolute Gasteiger partial charge is 0.268 e. The Hall–Kier alpha value is -2.11. The molecule has 3 aromatic rings. The SMILES string of the molecule is Cc1cn(S(=O)(=O)c2ccc3c(c2)CNCC3)c2ccccc12. The number of hydrogen-bond acceptors (Lipinski definition) is 3. The highest BCUT2D eigenvalue weighted by Gasteiger charge is 2.21. The number of nitrogens with zero attached hydrogens (tertiary/aromatic N) is 1. The van der Waals surface area contributed by atoms with Crippen LogP contribution in [-0.4, -0.2) is 18.9 Å². The van der Waals surface area contributed by atoms with E-state index < -0.39 is 10.0 Å². The first-order valence-corrected chi connectivity index (χ1v) is 9.16. The highest BCUT2D eigenvalue weighted by Crippen LogP contribution is 2.27. The predicted octanol–water partition coefficient (Wildman–Crippen LogP) is 2.83. The van der Waals surface area contributed by atoms with Gasteiger partial charge in [-0.15, -0.1) is 0 Å². The van der Waals surface area contributed by atoms with Gasteiger partial charge in [-0.2, -0.15) is 0 Å². The van der Waals surface area contributed by atoms with Gasteiger partial charge in [0.25, 0.3) is 10.0 Å². The van der Waals surface area contributed by atoms with E-state index >= 15 is 0 Å². The predicted molar refractivity (Wildman–Crippen MR) is 91.1 cm³/mol. The van der Waals surface area contributed by atoms with Gasteiger partial charge in [0.2, 0.25) is 0 Å². The quantitative estimate of drug-likeness (QED) is 0.788. The Morgan fingerprint density at radius 3 is 2.78 bits per heavy atom. The van der Waals surface area contributed by atoms with Gasteiger partial charge >= 0.3 is 0 Å². The van der Waals surface area contributed by atoms with E-state index in [1.165, 1.54) is 9.54 Å². The first-order valence-electron chi connectivity index (χ1n) is 7.72. The van der Waals surface area contributed by atoms with Crippen molar-refractivity contribution in [2.75, 3.05) is 6.54 Å². The Kier molecular flexibility index (Phi) is 3.28. The Balaban J connectivity index is 1.90. The molecular weight excluding hydrogens is 308 g/mol. The van der Waals surface area contributed by atoms with Crippen molar-refractivity contribution in [3.8, 4) is 0 Å². The fourth-order valence-corrected chi connectivity index (χ4v) is 4.72. The second-order valence-corrected chi connectivity index (χ2v) is 7.80. The average Bonchev–Trinajstić information content (AvgIpc) is 2.92. The minimum Gasteiger partial charge on any atom is -0.312 e. The maximum atomic E-state index is 13.1. The van der Waals surface area contributed by atoms with Gasteiger partial charge in [-0.25, -0.2) is 12.4 Å². The van der Waals surface area contributed by atoms with E-state index in [0.717, 1.165) is 41.5 Å². The zero-order valence-electron chi connectivity index (χ0n) is 12.9. The van der Waals surface area contributed by atoms with Crippen LogP contribution in [0.25, 0.3) is 10.9 Å². The minimum atomic E-state index is -3.59. The van der Waals surface area contributed by atoms with Crippen LogP contribution in [0.1, 0.15) is 16.7 Å². The number of para-hydroxylation sites is 1. The molecule has 0 fully saturated rings. The summed E-state index contributed by atoms with van der Waals surface area (Å²) in [5.41, 5.74) is 3.99. The first kappa shape index (κ1) is 14.5. The fourth-order valence-electron chi connectivity index (χ4n) is 3.24. The highest BCUT2D eigenvalue weighted by atomic mass is 32.2. The number of hydrogen-bond donors (Lipinski definition) is 1. The van der Waals surface area contributed by atoms with Crippen LogP contribution in [0.3, 0.4) is 0 Å². The van der Waals surface area contributed by atoms with Crippen LogP contribution in [0.5, 0.6) is 0 Å². The maximum Gasteiger partial charge on any atom is 0.268 e. The molecule has 1 aliphatic rings. The molecule has 0 bridgehead atoms. The van der Waals surface area contributed by atoms with E-state index in [4.69, 9.17) is 0 Å². The number of benzene rings is 2. The van der Waals surface area contributed by atoms with E-state index in [1.54, 1.807) is 18.3 Å². The van der Waals surface area contributed by atoms with Gasteiger partial charge in [-0.05, 0) is 54.8 Å². The fraction of sp³-hybridized carbons (Fsp3) is 0.222. The van der Waals surface area contributed by atoms with Gasteiger partial charge < -0.3 is 5.32 Å². The number of fused-ring (bicyclic) bond motifs is 2. The molecule has 0 aliphatic carbocycles. The van der Waals surface area contributed by atoms with Crippen LogP contribution >= 0.6 is 0 Å². The van der Waals surface area contributed by atoms with Gasteiger partial charge in [0.05, 0.1) is 10.4 Å². The van der Waals surface area contributed by atoms with Gasteiger partial charge in [0.1, 0.15) is 0 Å². The van der Waals surface area contributed by atoms with Crippen molar-refractivity contribution in [3.05, 3.63) is 65.4 Å². The molecule has 118 valence electrons. The summed E-state index contributed by atoms with van der Waals surface area (Å²) in [7, 11) is -3.59. The average molecular weight is 326 g/mol. The van der Waals surface area contributed by atoms with Crippen LogP contribution in [0.4, 0.5) is 0 Å². The van der Waals surface area contributed by atoms with Crippen molar-refractivity contribution in [2.24, 2.45) is 0 Å². The lowest BCUT2D eigenvalue weighted by molar-refractivity contribution is 0.587. The first-order chi connectivity index (χ1) is 11.1. The molecule has 1 N–H and O–H groups in total. The monoisotopic (exact) mass is 326 g/mol. The van der Waals surface area contributed by atoms with Crippen LogP contribution < -0.4 is 5.32 Å². The van der Waals surface area contributed by atoms with Crippen LogP contribution in [0.2, 0.25) is 0 Å². The second-order valence-electron chi connectivity index (χ2n) is 5.99. The summed E-state index contributed by atoms with van der Waals surface area (Å²) in [4.78, 5) is 0.348. The summed E-state index contributed by atoms with van der Waals surface area (Å²) in [6.45, 7) is 3.61. The number of rotatable bonds is 2. The Morgan fingerprint density at radius 2 is 1.91 bits per heavy atom. The lowest BCUT2D eigenvalue weighted by Gasteiger charge is -2.18. The summed E-state index contributed by atoms with van der Waals surface area (Å²) >= 11 is 0. The molecule has 2 aromatic carbocycles. The molecule has 0 saturated carbocycles. The summed E-state index contributed by atoms with van der Waals surface area (Å²) in [5.74, 6) is 0. The van der Waals surface area contributed by atoms with Crippen LogP contribution in [-0.2, 0) is 23.0 Å². The molecule has 23 heavy (non-hydrogen) atoms. The van der Waals surface area contributed by atoms with Gasteiger partial charge in [-0.1, -0.05) is 24.3 Å². The molecule has 4 rings (SSSR count). The lowest BCUT2D eigenvalue weighted by atomic mass is 10.0. The van der Waals surface area contributed by atoms with Crippen molar-refractivity contribution in [1.29, 1.82) is 0 Å². The third kappa shape index (κ3) is 2.28. The van der Waals surface area contributed by atoms with Gasteiger partial charge in [-0.3, -0.25) is 0 Å². The zero-order chi connectivity index (χ0) is 16.0. The molecule has 0 amide bonds. The zero-order valence-corrected chi connectivity index (χ0v) is 13.7. The Labute approximate surface area is 135 Å². The highest BCUT2D eigenvalue weighted by molar-refractivity contribution is 7.90. The molecule has 0 unspecified atom stereocenters. The topological polar surface area (TPSA) is 51.1 Å². The third-order valence-corrected chi connectivity index (χ3v) is 6.17. The maximum absolute atomic E-state index is 13.1. The van der Waals surface area contributed by atoms with Gasteiger partial charge in [0.15, 0.2) is 0 Å². The van der Waals surface area contributed by atoms with E-state index in [-0.39, 0.29) is 0 Å². The lowest BCUT2D eigenvalue weighted by Crippen LogP contribution is -2.24. The Bertz CT molecular complexity index is 1000. The van der Waals surface area contributed by atoms with E-state index in [9.17, 15) is 8.42 Å². The van der Waals surface area contributed by atoms with Crippen LogP contribution in [0, 0.1) is 6.92 Å². The van der Waals surface area contributed by atoms with Crippen molar-refractivity contribution in [1.82, 2.24) is 9.29 Å². The summed E-state index contributed by atoms with van der Waals surface area (Å²) in [6.07, 6.45) is 2.65. The third-order valence-electron chi connectivity index (χ3n) is 4.50. The summed E-state index contributed by atoms with van der Waals surface area (Å²) in [6, 6.07) is 13.1. The minimum absolute atomic E-state index is 0.348. The molecule has 5 heteroatoms. The standard InChI is InChI=1S/C18H18N2O2S/c1-13-12-20(18-5-3-2-4-17(13)18)23(21,22)16-7-6-14-8-9-19-11-15(14)10-16/h2-7,10,12,19H,8-9,11H2,1H3. The van der Waals surface area contributed by atoms with E-state index in [0.29, 0.717) is 4.90 Å². The van der Waals surface area contributed by atoms with Gasteiger partial charge in [0, 0.05) is 18.1 Å². The van der Waals surface area contributed by atoms with E-state index in [2.05, 4.69) is 5.32 Å². The molecule has 1 aliphatic heterocycles. The summed E-state index contributed by atoms with van der Waals surface area (Å²) in [5, 5.41) is 4.26. The molecular formula is C18H18N2O2S. The molecule has 1 aromatic heterocycles. The van der Waals surface area contributed by atoms with Crippen molar-refractivity contribution in [2.45, 2.75) is 24.8 Å². The summed E-state index contributed by atoms with van der Waals surface area (Å²) < 4.78 is 27.6. The number of nitrogens with one attached hydrogen (secondary N) is 1. The van der Waals surface area contributed by atoms with Crippen LogP contribution in [0.15, 0.2) is 53.6 Å². The molecule has 0 spiro atoms. The Morgan fingerprint density at radius 1 is 1.09 bits per heavy atom.